The Hall–Kier alpha value is -0.810. The Morgan fingerprint density at radius 3 is 2.41 bits per heavy atom. The van der Waals surface area contributed by atoms with Crippen LogP contribution in [0.15, 0.2) is 0 Å². The van der Waals surface area contributed by atoms with E-state index in [1.54, 1.807) is 4.90 Å². The first-order valence-corrected chi connectivity index (χ1v) is 6.10. The van der Waals surface area contributed by atoms with Crippen LogP contribution >= 0.6 is 0 Å². The van der Waals surface area contributed by atoms with Crippen molar-refractivity contribution in [3.8, 4) is 0 Å². The molecular formula is C12H26N2O3. The van der Waals surface area contributed by atoms with Gasteiger partial charge in [-0.2, -0.15) is 0 Å². The standard InChI is InChI=1S/C12H26N2O3/c1-10(13)6-8-14(7-5-9-15)11(16)17-12(2,3)4/h10,15H,5-9,13H2,1-4H3. The van der Waals surface area contributed by atoms with Gasteiger partial charge in [0.1, 0.15) is 5.60 Å². The number of hydrogen-bond donors (Lipinski definition) is 2. The highest BCUT2D eigenvalue weighted by Crippen LogP contribution is 2.10. The molecule has 0 rings (SSSR count). The van der Waals surface area contributed by atoms with Crippen molar-refractivity contribution in [2.75, 3.05) is 19.7 Å². The van der Waals surface area contributed by atoms with Gasteiger partial charge in [-0.15, -0.1) is 0 Å². The smallest absolute Gasteiger partial charge is 0.410 e. The Morgan fingerprint density at radius 2 is 2.00 bits per heavy atom. The quantitative estimate of drug-likeness (QED) is 0.741. The molecule has 0 aromatic rings. The van der Waals surface area contributed by atoms with Crippen molar-refractivity contribution >= 4 is 6.09 Å². The lowest BCUT2D eigenvalue weighted by atomic mass is 10.2. The maximum Gasteiger partial charge on any atom is 0.410 e. The van der Waals surface area contributed by atoms with E-state index in [1.165, 1.54) is 0 Å². The fourth-order valence-electron chi connectivity index (χ4n) is 1.24. The topological polar surface area (TPSA) is 75.8 Å². The van der Waals surface area contributed by atoms with Crippen LogP contribution in [0.2, 0.25) is 0 Å². The molecule has 17 heavy (non-hydrogen) atoms. The van der Waals surface area contributed by atoms with Crippen LogP contribution in [0, 0.1) is 0 Å². The second-order valence-corrected chi connectivity index (χ2v) is 5.31. The lowest BCUT2D eigenvalue weighted by molar-refractivity contribution is 0.0236. The third kappa shape index (κ3) is 8.94. The average molecular weight is 246 g/mol. The second kappa shape index (κ2) is 7.50. The lowest BCUT2D eigenvalue weighted by Crippen LogP contribution is -2.39. The molecule has 0 heterocycles. The highest BCUT2D eigenvalue weighted by molar-refractivity contribution is 5.68. The molecule has 0 spiro atoms. The van der Waals surface area contributed by atoms with E-state index >= 15 is 0 Å². The van der Waals surface area contributed by atoms with Crippen LogP contribution in [0.3, 0.4) is 0 Å². The SMILES string of the molecule is CC(N)CCN(CCCO)C(=O)OC(C)(C)C. The molecule has 1 amide bonds. The molecule has 0 aliphatic heterocycles. The van der Waals surface area contributed by atoms with E-state index in [-0.39, 0.29) is 18.7 Å². The fraction of sp³-hybridized carbons (Fsp3) is 0.917. The first-order valence-electron chi connectivity index (χ1n) is 6.10. The number of aliphatic hydroxyl groups excluding tert-OH is 1. The van der Waals surface area contributed by atoms with Crippen molar-refractivity contribution in [1.82, 2.24) is 4.90 Å². The Labute approximate surface area is 104 Å². The number of hydrogen-bond acceptors (Lipinski definition) is 4. The minimum atomic E-state index is -0.497. The Morgan fingerprint density at radius 1 is 1.41 bits per heavy atom. The summed E-state index contributed by atoms with van der Waals surface area (Å²) >= 11 is 0. The van der Waals surface area contributed by atoms with Crippen LogP contribution in [0.25, 0.3) is 0 Å². The maximum atomic E-state index is 11.9. The third-order valence-electron chi connectivity index (χ3n) is 2.09. The molecule has 0 bridgehead atoms. The summed E-state index contributed by atoms with van der Waals surface area (Å²) in [6.07, 6.45) is 0.940. The van der Waals surface area contributed by atoms with Gasteiger partial charge < -0.3 is 20.5 Å². The Kier molecular flexibility index (Phi) is 7.15. The van der Waals surface area contributed by atoms with Crippen LogP contribution < -0.4 is 5.73 Å². The molecule has 0 aromatic heterocycles. The summed E-state index contributed by atoms with van der Waals surface area (Å²) in [6.45, 7) is 8.53. The molecule has 0 fully saturated rings. The fourth-order valence-corrected chi connectivity index (χ4v) is 1.24. The van der Waals surface area contributed by atoms with Gasteiger partial charge in [0.25, 0.3) is 0 Å². The van der Waals surface area contributed by atoms with Crippen LogP contribution in [-0.2, 0) is 4.74 Å². The van der Waals surface area contributed by atoms with Gasteiger partial charge in [-0.1, -0.05) is 0 Å². The van der Waals surface area contributed by atoms with Gasteiger partial charge in [0.15, 0.2) is 0 Å². The molecule has 1 atom stereocenters. The van der Waals surface area contributed by atoms with Crippen LogP contribution in [0.4, 0.5) is 4.79 Å². The first-order chi connectivity index (χ1) is 7.76. The Balaban J connectivity index is 4.29. The van der Waals surface area contributed by atoms with Crippen LogP contribution in [0.5, 0.6) is 0 Å². The summed E-state index contributed by atoms with van der Waals surface area (Å²) in [6, 6.07) is 0.0501. The number of nitrogens with two attached hydrogens (primary N) is 1. The predicted molar refractivity (Wildman–Crippen MR) is 67.8 cm³/mol. The number of aliphatic hydroxyl groups is 1. The average Bonchev–Trinajstić information content (AvgIpc) is 2.14. The number of nitrogens with zero attached hydrogens (tertiary/aromatic N) is 1. The van der Waals surface area contributed by atoms with Crippen molar-refractivity contribution in [2.24, 2.45) is 5.73 Å². The van der Waals surface area contributed by atoms with E-state index in [2.05, 4.69) is 0 Å². The number of carbonyl (C=O) groups is 1. The zero-order chi connectivity index (χ0) is 13.5. The van der Waals surface area contributed by atoms with Crippen molar-refractivity contribution in [3.05, 3.63) is 0 Å². The highest BCUT2D eigenvalue weighted by atomic mass is 16.6. The Bertz CT molecular complexity index is 224. The first kappa shape index (κ1) is 16.2. The summed E-state index contributed by atoms with van der Waals surface area (Å²) in [5.74, 6) is 0. The monoisotopic (exact) mass is 246 g/mol. The van der Waals surface area contributed by atoms with E-state index in [4.69, 9.17) is 15.6 Å². The van der Waals surface area contributed by atoms with E-state index in [0.29, 0.717) is 19.5 Å². The van der Waals surface area contributed by atoms with Gasteiger partial charge in [-0.05, 0) is 40.5 Å². The van der Waals surface area contributed by atoms with Gasteiger partial charge in [0, 0.05) is 25.7 Å². The van der Waals surface area contributed by atoms with Gasteiger partial charge in [-0.3, -0.25) is 0 Å². The number of ether oxygens (including phenoxy) is 1. The van der Waals surface area contributed by atoms with Crippen molar-refractivity contribution in [1.29, 1.82) is 0 Å². The molecule has 0 saturated carbocycles. The van der Waals surface area contributed by atoms with Crippen molar-refractivity contribution in [3.63, 3.8) is 0 Å². The van der Waals surface area contributed by atoms with E-state index in [0.717, 1.165) is 6.42 Å². The summed E-state index contributed by atoms with van der Waals surface area (Å²) in [4.78, 5) is 13.5. The normalized spacial score (nSPS) is 13.3. The maximum absolute atomic E-state index is 11.9. The molecule has 0 aromatic carbocycles. The number of amides is 1. The molecule has 0 aliphatic carbocycles. The molecule has 3 N–H and O–H groups in total. The molecule has 5 heteroatoms. The van der Waals surface area contributed by atoms with E-state index in [9.17, 15) is 4.79 Å². The molecule has 5 nitrogen and oxygen atoms in total. The van der Waals surface area contributed by atoms with Gasteiger partial charge in [0.2, 0.25) is 0 Å². The third-order valence-corrected chi connectivity index (χ3v) is 2.09. The van der Waals surface area contributed by atoms with Gasteiger partial charge in [0.05, 0.1) is 0 Å². The van der Waals surface area contributed by atoms with Gasteiger partial charge in [-0.25, -0.2) is 4.79 Å². The lowest BCUT2D eigenvalue weighted by Gasteiger charge is -2.27. The zero-order valence-corrected chi connectivity index (χ0v) is 11.4. The van der Waals surface area contributed by atoms with E-state index < -0.39 is 5.60 Å². The summed E-state index contributed by atoms with van der Waals surface area (Å²) in [7, 11) is 0. The number of carbonyl (C=O) groups excluding carboxylic acids is 1. The van der Waals surface area contributed by atoms with Gasteiger partial charge >= 0.3 is 6.09 Å². The minimum Gasteiger partial charge on any atom is -0.444 e. The highest BCUT2D eigenvalue weighted by Gasteiger charge is 2.21. The summed E-state index contributed by atoms with van der Waals surface area (Å²) < 4.78 is 5.29. The molecule has 1 unspecified atom stereocenters. The molecule has 0 aliphatic rings. The second-order valence-electron chi connectivity index (χ2n) is 5.31. The van der Waals surface area contributed by atoms with Crippen molar-refractivity contribution < 1.29 is 14.6 Å². The zero-order valence-electron chi connectivity index (χ0n) is 11.4. The van der Waals surface area contributed by atoms with Crippen LogP contribution in [0.1, 0.15) is 40.5 Å². The predicted octanol–water partition coefficient (Wildman–Crippen LogP) is 1.34. The van der Waals surface area contributed by atoms with Crippen molar-refractivity contribution in [2.45, 2.75) is 52.2 Å². The summed E-state index contributed by atoms with van der Waals surface area (Å²) in [5.41, 5.74) is 5.17. The van der Waals surface area contributed by atoms with Crippen LogP contribution in [-0.4, -0.2) is 47.4 Å². The molecular weight excluding hydrogens is 220 g/mol. The molecule has 0 saturated heterocycles. The van der Waals surface area contributed by atoms with E-state index in [1.807, 2.05) is 27.7 Å². The minimum absolute atomic E-state index is 0.0501. The summed E-state index contributed by atoms with van der Waals surface area (Å²) in [5, 5.41) is 8.80. The largest absolute Gasteiger partial charge is 0.444 e. The molecule has 102 valence electrons. The molecule has 0 radical (unpaired) electrons. The number of rotatable bonds is 6.